The first-order chi connectivity index (χ1) is 15.9. The molecule has 0 saturated heterocycles. The van der Waals surface area contributed by atoms with Crippen LogP contribution in [0.25, 0.3) is 20.8 Å². The van der Waals surface area contributed by atoms with Gasteiger partial charge in [-0.25, -0.2) is 4.98 Å². The number of nitrogens with zero attached hydrogens (tertiary/aromatic N) is 1. The molecular formula is C26H20BrN3OS2. The van der Waals surface area contributed by atoms with E-state index in [-0.39, 0.29) is 5.78 Å². The van der Waals surface area contributed by atoms with Crippen LogP contribution in [-0.2, 0) is 0 Å². The van der Waals surface area contributed by atoms with Gasteiger partial charge in [-0.15, -0.1) is 22.7 Å². The predicted octanol–water partition coefficient (Wildman–Crippen LogP) is 7.96. The number of carbonyl (C=O) groups excluding carboxylic acids is 1. The van der Waals surface area contributed by atoms with Gasteiger partial charge in [-0.05, 0) is 55.3 Å². The number of thiophene rings is 1. The van der Waals surface area contributed by atoms with Crippen molar-refractivity contribution in [2.75, 3.05) is 11.1 Å². The first-order valence-corrected chi connectivity index (χ1v) is 12.8. The van der Waals surface area contributed by atoms with Crippen molar-refractivity contribution >= 4 is 71.0 Å². The molecule has 5 aromatic rings. The largest absolute Gasteiger partial charge is 0.397 e. The van der Waals surface area contributed by atoms with Crippen LogP contribution in [0.15, 0.2) is 71.2 Å². The maximum absolute atomic E-state index is 13.5. The van der Waals surface area contributed by atoms with Gasteiger partial charge in [0.15, 0.2) is 0 Å². The molecule has 164 valence electrons. The Kier molecular flexibility index (Phi) is 5.78. The number of carbonyl (C=O) groups is 1. The molecule has 0 atom stereocenters. The molecule has 0 bridgehead atoms. The Balaban J connectivity index is 1.69. The Morgan fingerprint density at radius 1 is 0.970 bits per heavy atom. The highest BCUT2D eigenvalue weighted by Crippen LogP contribution is 2.47. The quantitative estimate of drug-likeness (QED) is 0.225. The number of nitrogens with two attached hydrogens (primary N) is 1. The van der Waals surface area contributed by atoms with Crippen molar-refractivity contribution in [3.8, 4) is 10.6 Å². The van der Waals surface area contributed by atoms with Crippen LogP contribution in [0.2, 0.25) is 0 Å². The standard InChI is InChI=1S/C26H20BrN3OS2/c1-14-8-7-12-18(15(14)2)29-26-21(25-30-19-11-5-6-13-20(19)32-25)22(28)24(33-26)23(31)16-9-3-4-10-17(16)27/h3-13,29H,28H2,1-2H3. The molecular weight excluding hydrogens is 514 g/mol. The summed E-state index contributed by atoms with van der Waals surface area (Å²) in [6.07, 6.45) is 0. The van der Waals surface area contributed by atoms with Crippen molar-refractivity contribution in [3.63, 3.8) is 0 Å². The average Bonchev–Trinajstić information content (AvgIpc) is 3.37. The molecule has 0 amide bonds. The van der Waals surface area contributed by atoms with Crippen LogP contribution in [0.1, 0.15) is 26.4 Å². The Bertz CT molecular complexity index is 1490. The molecule has 0 unspecified atom stereocenters. The van der Waals surface area contributed by atoms with Crippen molar-refractivity contribution in [2.45, 2.75) is 13.8 Å². The third kappa shape index (κ3) is 3.97. The summed E-state index contributed by atoms with van der Waals surface area (Å²) in [5.41, 5.74) is 12.7. The average molecular weight is 535 g/mol. The number of fused-ring (bicyclic) bond motifs is 1. The van der Waals surface area contributed by atoms with Crippen LogP contribution in [0.4, 0.5) is 16.4 Å². The highest BCUT2D eigenvalue weighted by molar-refractivity contribution is 9.10. The second-order valence-corrected chi connectivity index (χ2v) is 10.6. The van der Waals surface area contributed by atoms with Crippen LogP contribution in [0.3, 0.4) is 0 Å². The molecule has 2 heterocycles. The SMILES string of the molecule is Cc1cccc(Nc2sc(C(=O)c3ccccc3Br)c(N)c2-c2nc3ccccc3s2)c1C. The van der Waals surface area contributed by atoms with Gasteiger partial charge in [0.25, 0.3) is 0 Å². The minimum atomic E-state index is -0.110. The van der Waals surface area contributed by atoms with Gasteiger partial charge in [-0.3, -0.25) is 4.79 Å². The van der Waals surface area contributed by atoms with Crippen LogP contribution < -0.4 is 11.1 Å². The summed E-state index contributed by atoms with van der Waals surface area (Å²) >= 11 is 6.45. The fraction of sp³-hybridized carbons (Fsp3) is 0.0769. The number of benzene rings is 3. The maximum atomic E-state index is 13.5. The van der Waals surface area contributed by atoms with Gasteiger partial charge in [0.1, 0.15) is 14.9 Å². The van der Waals surface area contributed by atoms with Crippen LogP contribution in [-0.4, -0.2) is 10.8 Å². The van der Waals surface area contributed by atoms with Gasteiger partial charge >= 0.3 is 0 Å². The normalized spacial score (nSPS) is 11.1. The number of aromatic nitrogens is 1. The monoisotopic (exact) mass is 533 g/mol. The zero-order valence-corrected chi connectivity index (χ0v) is 21.2. The topological polar surface area (TPSA) is 68.0 Å². The van der Waals surface area contributed by atoms with E-state index in [1.165, 1.54) is 16.9 Å². The Labute approximate surface area is 208 Å². The molecule has 0 aliphatic heterocycles. The van der Waals surface area contributed by atoms with Crippen LogP contribution in [0.5, 0.6) is 0 Å². The van der Waals surface area contributed by atoms with E-state index >= 15 is 0 Å². The molecule has 4 nitrogen and oxygen atoms in total. The number of para-hydroxylation sites is 1. The molecule has 0 aliphatic carbocycles. The number of hydrogen-bond acceptors (Lipinski definition) is 6. The molecule has 0 spiro atoms. The summed E-state index contributed by atoms with van der Waals surface area (Å²) in [6, 6.07) is 21.6. The fourth-order valence-electron chi connectivity index (χ4n) is 3.67. The smallest absolute Gasteiger partial charge is 0.206 e. The Hall–Kier alpha value is -3.00. The molecule has 3 N–H and O–H groups in total. The molecule has 3 aromatic carbocycles. The van der Waals surface area contributed by atoms with Crippen LogP contribution in [0, 0.1) is 13.8 Å². The van der Waals surface area contributed by atoms with E-state index in [0.29, 0.717) is 16.1 Å². The van der Waals surface area contributed by atoms with E-state index in [0.717, 1.165) is 41.5 Å². The summed E-state index contributed by atoms with van der Waals surface area (Å²) in [4.78, 5) is 18.8. The molecule has 7 heteroatoms. The van der Waals surface area contributed by atoms with Crippen molar-refractivity contribution in [2.24, 2.45) is 0 Å². The van der Waals surface area contributed by atoms with Gasteiger partial charge in [-0.2, -0.15) is 0 Å². The van der Waals surface area contributed by atoms with E-state index in [1.807, 2.05) is 54.6 Å². The minimum absolute atomic E-state index is 0.110. The summed E-state index contributed by atoms with van der Waals surface area (Å²) < 4.78 is 1.82. The number of aryl methyl sites for hydroxylation is 1. The maximum Gasteiger partial charge on any atom is 0.206 e. The number of anilines is 3. The van der Waals surface area contributed by atoms with Crippen LogP contribution >= 0.6 is 38.6 Å². The minimum Gasteiger partial charge on any atom is -0.397 e. The number of nitrogen functional groups attached to an aromatic ring is 1. The van der Waals surface area contributed by atoms with Crippen molar-refractivity contribution in [3.05, 3.63) is 92.8 Å². The van der Waals surface area contributed by atoms with Gasteiger partial charge in [0, 0.05) is 15.7 Å². The zero-order chi connectivity index (χ0) is 23.1. The summed E-state index contributed by atoms with van der Waals surface area (Å²) in [5.74, 6) is -0.110. The number of ketones is 1. The summed E-state index contributed by atoms with van der Waals surface area (Å²) in [5, 5.41) is 5.16. The number of nitrogens with one attached hydrogen (secondary N) is 1. The number of thiazole rings is 1. The lowest BCUT2D eigenvalue weighted by atomic mass is 10.1. The number of hydrogen-bond donors (Lipinski definition) is 2. The van der Waals surface area contributed by atoms with Gasteiger partial charge in [-0.1, -0.05) is 52.3 Å². The van der Waals surface area contributed by atoms with Gasteiger partial charge in [0.2, 0.25) is 5.78 Å². The summed E-state index contributed by atoms with van der Waals surface area (Å²) in [6.45, 7) is 4.17. The highest BCUT2D eigenvalue weighted by atomic mass is 79.9. The Morgan fingerprint density at radius 3 is 2.52 bits per heavy atom. The first-order valence-electron chi connectivity index (χ1n) is 10.3. The molecule has 2 aromatic heterocycles. The fourth-order valence-corrected chi connectivity index (χ4v) is 6.32. The van der Waals surface area contributed by atoms with E-state index in [1.54, 1.807) is 17.4 Å². The van der Waals surface area contributed by atoms with E-state index in [2.05, 4.69) is 41.2 Å². The lowest BCUT2D eigenvalue weighted by Crippen LogP contribution is -2.03. The molecule has 0 radical (unpaired) electrons. The zero-order valence-electron chi connectivity index (χ0n) is 18.0. The van der Waals surface area contributed by atoms with Crippen molar-refractivity contribution in [1.82, 2.24) is 4.98 Å². The van der Waals surface area contributed by atoms with Gasteiger partial charge in [0.05, 0.1) is 21.5 Å². The van der Waals surface area contributed by atoms with E-state index in [4.69, 9.17) is 10.7 Å². The Morgan fingerprint density at radius 2 is 1.73 bits per heavy atom. The van der Waals surface area contributed by atoms with E-state index < -0.39 is 0 Å². The predicted molar refractivity (Wildman–Crippen MR) is 144 cm³/mol. The van der Waals surface area contributed by atoms with Gasteiger partial charge < -0.3 is 11.1 Å². The number of rotatable bonds is 5. The number of halogens is 1. The lowest BCUT2D eigenvalue weighted by Gasteiger charge is -2.11. The van der Waals surface area contributed by atoms with E-state index in [9.17, 15) is 4.79 Å². The third-order valence-electron chi connectivity index (χ3n) is 5.63. The molecule has 0 aliphatic rings. The second-order valence-electron chi connectivity index (χ2n) is 7.72. The molecule has 0 fully saturated rings. The second kappa shape index (κ2) is 8.74. The van der Waals surface area contributed by atoms with Crippen molar-refractivity contribution < 1.29 is 4.79 Å². The molecule has 33 heavy (non-hydrogen) atoms. The first kappa shape index (κ1) is 21.8. The van der Waals surface area contributed by atoms with Crippen molar-refractivity contribution in [1.29, 1.82) is 0 Å². The third-order valence-corrected chi connectivity index (χ3v) is 8.50. The highest BCUT2D eigenvalue weighted by Gasteiger charge is 2.26. The summed E-state index contributed by atoms with van der Waals surface area (Å²) in [7, 11) is 0. The molecule has 5 rings (SSSR count). The molecule has 0 saturated carbocycles. The lowest BCUT2D eigenvalue weighted by molar-refractivity contribution is 0.104.